The van der Waals surface area contributed by atoms with Crippen molar-refractivity contribution in [1.29, 1.82) is 0 Å². The minimum atomic E-state index is -4.39. The molecule has 58 heavy (non-hydrogen) atoms. The summed E-state index contributed by atoms with van der Waals surface area (Å²) in [6, 6.07) is 35.3. The zero-order chi connectivity index (χ0) is 40.3. The average molecular weight is 816 g/mol. The number of fused-ring (bicyclic) bond motifs is 7. The van der Waals surface area contributed by atoms with Crippen LogP contribution < -0.4 is 0 Å². The Balaban J connectivity index is 1.01. The highest BCUT2D eigenvalue weighted by atomic mass is 35.5. The maximum atomic E-state index is 14.9. The minimum absolute atomic E-state index is 0.0152. The summed E-state index contributed by atoms with van der Waals surface area (Å²) in [6.07, 6.45) is -1.37. The molecule has 1 aromatic heterocycles. The van der Waals surface area contributed by atoms with E-state index in [-0.39, 0.29) is 66.7 Å². The molecule has 0 atom stereocenters. The summed E-state index contributed by atoms with van der Waals surface area (Å²) in [4.78, 5) is 35.2. The molecule has 296 valence electrons. The number of oxazole rings is 1. The molecule has 0 N–H and O–H groups in total. The topological polar surface area (TPSA) is 119 Å². The third-order valence-corrected chi connectivity index (χ3v) is 14.1. The summed E-state index contributed by atoms with van der Waals surface area (Å²) < 4.78 is 48.0. The lowest BCUT2D eigenvalue weighted by molar-refractivity contribution is 0.0931. The molecule has 0 bridgehead atoms. The molecule has 2 amide bonds. The van der Waals surface area contributed by atoms with Crippen molar-refractivity contribution in [3.8, 4) is 22.3 Å². The van der Waals surface area contributed by atoms with E-state index in [1.165, 1.54) is 15.9 Å². The third-order valence-electron chi connectivity index (χ3n) is 11.5. The van der Waals surface area contributed by atoms with E-state index in [0.29, 0.717) is 11.4 Å². The lowest BCUT2D eigenvalue weighted by Gasteiger charge is -2.25. The number of amides is 2. The maximum absolute atomic E-state index is 14.9. The van der Waals surface area contributed by atoms with Crippen LogP contribution in [0.1, 0.15) is 60.8 Å². The highest BCUT2D eigenvalue weighted by Gasteiger charge is 2.41. The zero-order valence-corrected chi connectivity index (χ0v) is 33.9. The molecule has 1 fully saturated rings. The van der Waals surface area contributed by atoms with E-state index < -0.39 is 32.7 Å². The van der Waals surface area contributed by atoms with E-state index in [2.05, 4.69) is 29.2 Å². The van der Waals surface area contributed by atoms with Crippen LogP contribution in [0.25, 0.3) is 33.4 Å². The van der Waals surface area contributed by atoms with Gasteiger partial charge in [-0.25, -0.2) is 23.0 Å². The standard InChI is InChI=1S/C46H42ClN3O7S/c1-46(2,3)43-48-40-21-20-39(47)42(41(40)57-43)58(53,54)28-24-49(44(51)55-26-37-33-16-8-4-12-29(33)30-13-5-9-17-34(30)37)22-23-50(25-28)45(52)56-27-38-35-18-10-6-14-31(35)32-15-7-11-19-36(32)38/h4-21,28,37-38H,22-27H2,1-3H3. The second-order valence-corrected chi connectivity index (χ2v) is 18.7. The smallest absolute Gasteiger partial charge is 0.409 e. The molecule has 9 rings (SSSR count). The molecule has 2 heterocycles. The van der Waals surface area contributed by atoms with Gasteiger partial charge in [-0.2, -0.15) is 0 Å². The third kappa shape index (κ3) is 6.60. The molecule has 2 aliphatic carbocycles. The molecule has 5 aromatic carbocycles. The normalized spacial score (nSPS) is 15.8. The molecule has 0 radical (unpaired) electrons. The highest BCUT2D eigenvalue weighted by Crippen LogP contribution is 2.46. The Labute approximate surface area is 342 Å². The Morgan fingerprint density at radius 1 is 0.690 bits per heavy atom. The van der Waals surface area contributed by atoms with Crippen LogP contribution >= 0.6 is 11.6 Å². The van der Waals surface area contributed by atoms with Crippen LogP contribution in [-0.2, 0) is 24.7 Å². The average Bonchev–Trinajstić information content (AvgIpc) is 3.83. The van der Waals surface area contributed by atoms with Gasteiger partial charge >= 0.3 is 12.2 Å². The van der Waals surface area contributed by atoms with Crippen LogP contribution in [0.15, 0.2) is 119 Å². The number of hydrogen-bond acceptors (Lipinski definition) is 8. The first-order valence-electron chi connectivity index (χ1n) is 19.4. The van der Waals surface area contributed by atoms with Crippen molar-refractivity contribution in [2.24, 2.45) is 0 Å². The predicted molar refractivity (Wildman–Crippen MR) is 222 cm³/mol. The first-order valence-corrected chi connectivity index (χ1v) is 21.4. The van der Waals surface area contributed by atoms with Crippen molar-refractivity contribution in [1.82, 2.24) is 14.8 Å². The monoisotopic (exact) mass is 815 g/mol. The van der Waals surface area contributed by atoms with Gasteiger partial charge in [0.05, 0.1) is 5.02 Å². The number of rotatable bonds is 6. The van der Waals surface area contributed by atoms with Crippen LogP contribution in [0.5, 0.6) is 0 Å². The predicted octanol–water partition coefficient (Wildman–Crippen LogP) is 9.44. The second kappa shape index (κ2) is 14.6. The van der Waals surface area contributed by atoms with E-state index in [0.717, 1.165) is 44.5 Å². The number of aromatic nitrogens is 1. The first-order chi connectivity index (χ1) is 27.9. The van der Waals surface area contributed by atoms with Gasteiger partial charge in [-0.3, -0.25) is 0 Å². The summed E-state index contributed by atoms with van der Waals surface area (Å²) in [7, 11) is -4.39. The molecule has 0 saturated carbocycles. The first kappa shape index (κ1) is 37.9. The number of halogens is 1. The van der Waals surface area contributed by atoms with Crippen molar-refractivity contribution in [2.75, 3.05) is 39.4 Å². The molecule has 0 unspecified atom stereocenters. The second-order valence-electron chi connectivity index (χ2n) is 16.2. The molecule has 0 spiro atoms. The van der Waals surface area contributed by atoms with E-state index >= 15 is 0 Å². The number of carbonyl (C=O) groups is 2. The van der Waals surface area contributed by atoms with Crippen molar-refractivity contribution in [3.05, 3.63) is 142 Å². The van der Waals surface area contributed by atoms with Gasteiger partial charge in [0.2, 0.25) is 5.89 Å². The van der Waals surface area contributed by atoms with Crippen LogP contribution in [-0.4, -0.2) is 80.0 Å². The molecule has 6 aromatic rings. The summed E-state index contributed by atoms with van der Waals surface area (Å²) in [5.41, 5.74) is 8.43. The Hall–Kier alpha value is -5.65. The Bertz CT molecular complexity index is 2490. The molecular formula is C46H42ClN3O7S. The number of sulfone groups is 1. The molecule has 12 heteroatoms. The fourth-order valence-electron chi connectivity index (χ4n) is 8.57. The number of benzene rings is 5. The molecular weight excluding hydrogens is 774 g/mol. The van der Waals surface area contributed by atoms with E-state index in [1.807, 2.05) is 93.6 Å². The van der Waals surface area contributed by atoms with Crippen LogP contribution in [0.4, 0.5) is 9.59 Å². The van der Waals surface area contributed by atoms with Gasteiger partial charge in [0.15, 0.2) is 15.4 Å². The van der Waals surface area contributed by atoms with Gasteiger partial charge in [-0.05, 0) is 56.6 Å². The van der Waals surface area contributed by atoms with Gasteiger partial charge in [0, 0.05) is 43.4 Å². The summed E-state index contributed by atoms with van der Waals surface area (Å²) >= 11 is 6.70. The quantitative estimate of drug-likeness (QED) is 0.163. The van der Waals surface area contributed by atoms with Crippen LogP contribution in [0.3, 0.4) is 0 Å². The summed E-state index contributed by atoms with van der Waals surface area (Å²) in [5.74, 6) is -0.0391. The minimum Gasteiger partial charge on any atom is -0.448 e. The van der Waals surface area contributed by atoms with E-state index in [4.69, 9.17) is 25.5 Å². The lowest BCUT2D eigenvalue weighted by atomic mass is 9.97. The largest absolute Gasteiger partial charge is 0.448 e. The SMILES string of the molecule is CC(C)(C)c1nc2ccc(Cl)c(S(=O)(=O)C3CN(C(=O)OCC4c5ccccc5-c5ccccc54)CCN(C(=O)OCC4c5ccccc5-c5ccccc54)C3)c2o1. The molecule has 10 nitrogen and oxygen atoms in total. The maximum Gasteiger partial charge on any atom is 0.409 e. The number of hydrogen-bond donors (Lipinski definition) is 0. The number of carbonyl (C=O) groups excluding carboxylic acids is 2. The number of ether oxygens (including phenoxy) is 2. The van der Waals surface area contributed by atoms with Crippen molar-refractivity contribution >= 4 is 44.7 Å². The van der Waals surface area contributed by atoms with Crippen molar-refractivity contribution in [2.45, 2.75) is 48.2 Å². The lowest BCUT2D eigenvalue weighted by Crippen LogP contribution is -2.43. The van der Waals surface area contributed by atoms with Crippen molar-refractivity contribution in [3.63, 3.8) is 0 Å². The summed E-state index contributed by atoms with van der Waals surface area (Å²) in [6.45, 7) is 5.35. The van der Waals surface area contributed by atoms with Gasteiger partial charge in [0.25, 0.3) is 0 Å². The van der Waals surface area contributed by atoms with Crippen LogP contribution in [0.2, 0.25) is 5.02 Å². The molecule has 3 aliphatic rings. The Morgan fingerprint density at radius 2 is 1.10 bits per heavy atom. The fraction of sp³-hybridized carbons (Fsp3) is 0.283. The van der Waals surface area contributed by atoms with Crippen molar-refractivity contribution < 1.29 is 31.9 Å². The van der Waals surface area contributed by atoms with Gasteiger partial charge in [-0.1, -0.05) is 129 Å². The fourth-order valence-corrected chi connectivity index (χ4v) is 10.9. The highest BCUT2D eigenvalue weighted by molar-refractivity contribution is 7.92. The Morgan fingerprint density at radius 3 is 1.52 bits per heavy atom. The molecule has 1 saturated heterocycles. The van der Waals surface area contributed by atoms with E-state index in [9.17, 15) is 18.0 Å². The van der Waals surface area contributed by atoms with Gasteiger partial charge in [-0.15, -0.1) is 0 Å². The molecule has 1 aliphatic heterocycles. The van der Waals surface area contributed by atoms with Crippen LogP contribution in [0, 0.1) is 0 Å². The van der Waals surface area contributed by atoms with Gasteiger partial charge in [0.1, 0.15) is 28.9 Å². The summed E-state index contributed by atoms with van der Waals surface area (Å²) in [5, 5.41) is -1.36. The van der Waals surface area contributed by atoms with E-state index in [1.54, 1.807) is 6.07 Å². The Kier molecular flexibility index (Phi) is 9.56. The number of nitrogens with zero attached hydrogens (tertiary/aromatic N) is 3. The van der Waals surface area contributed by atoms with Gasteiger partial charge < -0.3 is 23.7 Å². The zero-order valence-electron chi connectivity index (χ0n) is 32.4.